The fraction of sp³-hybridized carbons (Fsp3) is 0.316. The second-order valence-corrected chi connectivity index (χ2v) is 5.79. The first-order chi connectivity index (χ1) is 11.2. The maximum atomic E-state index is 9.17. The SMILES string of the molecule is COc1cccc([C@H]2OCCN(C)Cc3cc(C#N)ccc32)c1. The average Bonchev–Trinajstić information content (AvgIpc) is 2.57. The highest BCUT2D eigenvalue weighted by Gasteiger charge is 2.22. The number of benzene rings is 2. The molecule has 0 fully saturated rings. The Kier molecular flexibility index (Phi) is 4.61. The van der Waals surface area contributed by atoms with E-state index in [9.17, 15) is 5.26 Å². The molecular weight excluding hydrogens is 288 g/mol. The van der Waals surface area contributed by atoms with E-state index in [1.54, 1.807) is 7.11 Å². The van der Waals surface area contributed by atoms with E-state index in [-0.39, 0.29) is 6.10 Å². The van der Waals surface area contributed by atoms with Gasteiger partial charge in [-0.1, -0.05) is 18.2 Å². The molecule has 0 bridgehead atoms. The lowest BCUT2D eigenvalue weighted by Crippen LogP contribution is -2.28. The van der Waals surface area contributed by atoms with Crippen LogP contribution in [0.4, 0.5) is 0 Å². The van der Waals surface area contributed by atoms with Gasteiger partial charge in [-0.25, -0.2) is 0 Å². The van der Waals surface area contributed by atoms with Gasteiger partial charge in [0.1, 0.15) is 11.9 Å². The standard InChI is InChI=1S/C19H20N2O2/c1-21-8-9-23-19(15-4-3-5-17(11-15)22-2)18-7-6-14(12-20)10-16(18)13-21/h3-7,10-11,19H,8-9,13H2,1-2H3/t19-/m1/s1. The van der Waals surface area contributed by atoms with Crippen LogP contribution in [-0.2, 0) is 11.3 Å². The second kappa shape index (κ2) is 6.82. The summed E-state index contributed by atoms with van der Waals surface area (Å²) in [5.74, 6) is 0.820. The fourth-order valence-electron chi connectivity index (χ4n) is 2.93. The monoisotopic (exact) mass is 308 g/mol. The van der Waals surface area contributed by atoms with Gasteiger partial charge in [0.2, 0.25) is 0 Å². The zero-order valence-corrected chi connectivity index (χ0v) is 13.5. The van der Waals surface area contributed by atoms with E-state index in [1.165, 1.54) is 0 Å². The smallest absolute Gasteiger partial charge is 0.119 e. The summed E-state index contributed by atoms with van der Waals surface area (Å²) in [5.41, 5.74) is 4.00. The van der Waals surface area contributed by atoms with Gasteiger partial charge < -0.3 is 9.47 Å². The van der Waals surface area contributed by atoms with Crippen LogP contribution < -0.4 is 4.74 Å². The highest BCUT2D eigenvalue weighted by molar-refractivity contribution is 5.44. The van der Waals surface area contributed by atoms with Gasteiger partial charge in [-0.3, -0.25) is 4.90 Å². The topological polar surface area (TPSA) is 45.5 Å². The lowest BCUT2D eigenvalue weighted by molar-refractivity contribution is 0.0553. The number of hydrogen-bond acceptors (Lipinski definition) is 4. The van der Waals surface area contributed by atoms with Crippen molar-refractivity contribution in [1.82, 2.24) is 4.90 Å². The molecule has 118 valence electrons. The van der Waals surface area contributed by atoms with Crippen molar-refractivity contribution < 1.29 is 9.47 Å². The molecular formula is C19H20N2O2. The van der Waals surface area contributed by atoms with Crippen molar-refractivity contribution in [3.63, 3.8) is 0 Å². The molecule has 0 spiro atoms. The highest BCUT2D eigenvalue weighted by Crippen LogP contribution is 2.32. The molecule has 0 aromatic heterocycles. The van der Waals surface area contributed by atoms with E-state index in [0.717, 1.165) is 35.5 Å². The van der Waals surface area contributed by atoms with Crippen LogP contribution >= 0.6 is 0 Å². The van der Waals surface area contributed by atoms with E-state index in [4.69, 9.17) is 9.47 Å². The quantitative estimate of drug-likeness (QED) is 0.855. The van der Waals surface area contributed by atoms with Crippen molar-refractivity contribution in [2.75, 3.05) is 27.3 Å². The van der Waals surface area contributed by atoms with Crippen LogP contribution in [0.25, 0.3) is 0 Å². The van der Waals surface area contributed by atoms with E-state index in [1.807, 2.05) is 36.4 Å². The summed E-state index contributed by atoms with van der Waals surface area (Å²) in [6.45, 7) is 2.34. The third kappa shape index (κ3) is 3.37. The third-order valence-electron chi connectivity index (χ3n) is 4.15. The summed E-state index contributed by atoms with van der Waals surface area (Å²) in [6.07, 6.45) is -0.137. The lowest BCUT2D eigenvalue weighted by atomic mass is 9.94. The molecule has 0 N–H and O–H groups in total. The summed E-state index contributed by atoms with van der Waals surface area (Å²) in [4.78, 5) is 2.21. The first-order valence-corrected chi connectivity index (χ1v) is 7.68. The molecule has 0 aliphatic carbocycles. The van der Waals surface area contributed by atoms with Gasteiger partial charge in [0.25, 0.3) is 0 Å². The normalized spacial score (nSPS) is 18.4. The van der Waals surface area contributed by atoms with Gasteiger partial charge in [-0.05, 0) is 48.0 Å². The summed E-state index contributed by atoms with van der Waals surface area (Å²) in [6, 6.07) is 16.0. The molecule has 4 heteroatoms. The Balaban J connectivity index is 2.07. The number of fused-ring (bicyclic) bond motifs is 1. The second-order valence-electron chi connectivity index (χ2n) is 5.79. The van der Waals surface area contributed by atoms with Crippen molar-refractivity contribution in [2.45, 2.75) is 12.6 Å². The first kappa shape index (κ1) is 15.5. The average molecular weight is 308 g/mol. The Morgan fingerprint density at radius 1 is 1.26 bits per heavy atom. The van der Waals surface area contributed by atoms with Gasteiger partial charge in [0, 0.05) is 13.1 Å². The Morgan fingerprint density at radius 3 is 2.91 bits per heavy atom. The zero-order chi connectivity index (χ0) is 16.2. The maximum Gasteiger partial charge on any atom is 0.119 e. The van der Waals surface area contributed by atoms with Crippen molar-refractivity contribution in [3.05, 3.63) is 64.7 Å². The van der Waals surface area contributed by atoms with E-state index in [2.05, 4.69) is 24.1 Å². The van der Waals surface area contributed by atoms with E-state index in [0.29, 0.717) is 12.2 Å². The highest BCUT2D eigenvalue weighted by atomic mass is 16.5. The van der Waals surface area contributed by atoms with Gasteiger partial charge in [-0.2, -0.15) is 5.26 Å². The van der Waals surface area contributed by atoms with E-state index < -0.39 is 0 Å². The van der Waals surface area contributed by atoms with Crippen LogP contribution in [-0.4, -0.2) is 32.2 Å². The molecule has 0 saturated heterocycles. The molecule has 1 aliphatic heterocycles. The van der Waals surface area contributed by atoms with E-state index >= 15 is 0 Å². The minimum atomic E-state index is -0.137. The minimum absolute atomic E-state index is 0.137. The summed E-state index contributed by atoms with van der Waals surface area (Å²) >= 11 is 0. The minimum Gasteiger partial charge on any atom is -0.497 e. The molecule has 0 amide bonds. The number of rotatable bonds is 2. The number of likely N-dealkylation sites (N-methyl/N-ethyl adjacent to an activating group) is 1. The molecule has 2 aromatic carbocycles. The van der Waals surface area contributed by atoms with Gasteiger partial charge in [-0.15, -0.1) is 0 Å². The van der Waals surface area contributed by atoms with Gasteiger partial charge in [0.05, 0.1) is 25.3 Å². The molecule has 4 nitrogen and oxygen atoms in total. The zero-order valence-electron chi connectivity index (χ0n) is 13.5. The number of hydrogen-bond donors (Lipinski definition) is 0. The van der Waals surface area contributed by atoms with Gasteiger partial charge >= 0.3 is 0 Å². The van der Waals surface area contributed by atoms with Crippen molar-refractivity contribution in [3.8, 4) is 11.8 Å². The molecule has 3 rings (SSSR count). The maximum absolute atomic E-state index is 9.17. The summed E-state index contributed by atoms with van der Waals surface area (Å²) in [5, 5.41) is 9.17. The molecule has 0 unspecified atom stereocenters. The summed E-state index contributed by atoms with van der Waals surface area (Å²) in [7, 11) is 3.73. The molecule has 0 radical (unpaired) electrons. The molecule has 0 saturated carbocycles. The van der Waals surface area contributed by atoms with Crippen molar-refractivity contribution in [1.29, 1.82) is 5.26 Å². The number of methoxy groups -OCH3 is 1. The van der Waals surface area contributed by atoms with Crippen LogP contribution in [0.5, 0.6) is 5.75 Å². The van der Waals surface area contributed by atoms with Crippen molar-refractivity contribution in [2.24, 2.45) is 0 Å². The Bertz CT molecular complexity index is 736. The molecule has 2 aromatic rings. The number of ether oxygens (including phenoxy) is 2. The van der Waals surface area contributed by atoms with Crippen LogP contribution in [0.1, 0.15) is 28.4 Å². The predicted octanol–water partition coefficient (Wildman–Crippen LogP) is 3.12. The van der Waals surface area contributed by atoms with Crippen LogP contribution in [0.3, 0.4) is 0 Å². The third-order valence-corrected chi connectivity index (χ3v) is 4.15. The first-order valence-electron chi connectivity index (χ1n) is 7.68. The Labute approximate surface area is 136 Å². The Morgan fingerprint density at radius 2 is 2.13 bits per heavy atom. The van der Waals surface area contributed by atoms with Crippen LogP contribution in [0, 0.1) is 11.3 Å². The Hall–Kier alpha value is -2.35. The van der Waals surface area contributed by atoms with Gasteiger partial charge in [0.15, 0.2) is 0 Å². The summed E-state index contributed by atoms with van der Waals surface area (Å²) < 4.78 is 11.5. The predicted molar refractivity (Wildman–Crippen MR) is 88.3 cm³/mol. The largest absolute Gasteiger partial charge is 0.497 e. The molecule has 1 aliphatic rings. The molecule has 1 atom stereocenters. The number of nitrogens with zero attached hydrogens (tertiary/aromatic N) is 2. The lowest BCUT2D eigenvalue weighted by Gasteiger charge is -2.28. The fourth-order valence-corrected chi connectivity index (χ4v) is 2.93. The van der Waals surface area contributed by atoms with Crippen molar-refractivity contribution >= 4 is 0 Å². The van der Waals surface area contributed by atoms with Crippen LogP contribution in [0.15, 0.2) is 42.5 Å². The molecule has 23 heavy (non-hydrogen) atoms. The molecule has 1 heterocycles. The number of nitriles is 1. The van der Waals surface area contributed by atoms with Crippen LogP contribution in [0.2, 0.25) is 0 Å².